The second-order valence-corrected chi connectivity index (χ2v) is 6.82. The van der Waals surface area contributed by atoms with E-state index in [4.69, 9.17) is 0 Å². The van der Waals surface area contributed by atoms with Crippen LogP contribution >= 0.6 is 0 Å². The van der Waals surface area contributed by atoms with E-state index in [0.29, 0.717) is 31.8 Å². The van der Waals surface area contributed by atoms with E-state index in [9.17, 15) is 19.7 Å². The first kappa shape index (κ1) is 18.5. The molecule has 1 fully saturated rings. The highest BCUT2D eigenvalue weighted by molar-refractivity contribution is 5.94. The van der Waals surface area contributed by atoms with E-state index in [-0.39, 0.29) is 22.8 Å². The predicted octanol–water partition coefficient (Wildman–Crippen LogP) is 1.27. The Bertz CT molecular complexity index is 1150. The van der Waals surface area contributed by atoms with E-state index in [1.165, 1.54) is 22.9 Å². The monoisotopic (exact) mass is 394 g/mol. The number of nitro groups is 1. The number of anilines is 1. The molecule has 4 rings (SSSR count). The Kier molecular flexibility index (Phi) is 4.67. The molecule has 10 heteroatoms. The topological polar surface area (TPSA) is 114 Å². The van der Waals surface area contributed by atoms with Crippen molar-refractivity contribution < 1.29 is 9.72 Å². The number of aromatic nitrogens is 3. The summed E-state index contributed by atoms with van der Waals surface area (Å²) in [4.78, 5) is 47.4. The molecule has 0 saturated carbocycles. The van der Waals surface area contributed by atoms with Crippen LogP contribution < -0.4 is 10.5 Å². The summed E-state index contributed by atoms with van der Waals surface area (Å²) in [7, 11) is 0. The van der Waals surface area contributed by atoms with Crippen molar-refractivity contribution in [3.63, 3.8) is 0 Å². The Balaban J connectivity index is 1.48. The molecule has 3 aromatic rings. The Morgan fingerprint density at radius 2 is 1.86 bits per heavy atom. The highest BCUT2D eigenvalue weighted by Crippen LogP contribution is 2.18. The van der Waals surface area contributed by atoms with Crippen LogP contribution in [-0.4, -0.2) is 56.3 Å². The number of rotatable bonds is 3. The van der Waals surface area contributed by atoms with E-state index in [2.05, 4.69) is 9.97 Å². The number of carbonyl (C=O) groups is 1. The average Bonchev–Trinajstić information content (AvgIpc) is 2.73. The van der Waals surface area contributed by atoms with Crippen LogP contribution in [0.4, 0.5) is 11.5 Å². The zero-order valence-electron chi connectivity index (χ0n) is 15.7. The lowest BCUT2D eigenvalue weighted by Gasteiger charge is -2.35. The third kappa shape index (κ3) is 3.51. The van der Waals surface area contributed by atoms with Gasteiger partial charge in [0.15, 0.2) is 6.20 Å². The first-order valence-corrected chi connectivity index (χ1v) is 9.07. The van der Waals surface area contributed by atoms with Gasteiger partial charge >= 0.3 is 5.82 Å². The van der Waals surface area contributed by atoms with Crippen molar-refractivity contribution in [3.05, 3.63) is 74.5 Å². The van der Waals surface area contributed by atoms with E-state index in [1.54, 1.807) is 29.3 Å². The summed E-state index contributed by atoms with van der Waals surface area (Å²) in [5.41, 5.74) is 1.89. The fourth-order valence-corrected chi connectivity index (χ4v) is 3.33. The van der Waals surface area contributed by atoms with E-state index in [0.717, 1.165) is 11.3 Å². The van der Waals surface area contributed by atoms with Crippen molar-refractivity contribution >= 4 is 23.1 Å². The fraction of sp³-hybridized carbons (Fsp3) is 0.263. The van der Waals surface area contributed by atoms with E-state index in [1.807, 2.05) is 11.8 Å². The van der Waals surface area contributed by atoms with Crippen LogP contribution in [0.1, 0.15) is 15.9 Å². The normalized spacial score (nSPS) is 14.2. The van der Waals surface area contributed by atoms with E-state index >= 15 is 0 Å². The van der Waals surface area contributed by atoms with Crippen molar-refractivity contribution in [3.8, 4) is 0 Å². The third-order valence-corrected chi connectivity index (χ3v) is 4.95. The maximum atomic E-state index is 12.9. The molecule has 0 N–H and O–H groups in total. The van der Waals surface area contributed by atoms with Crippen LogP contribution in [0.15, 0.2) is 47.7 Å². The van der Waals surface area contributed by atoms with Gasteiger partial charge in [0, 0.05) is 44.6 Å². The summed E-state index contributed by atoms with van der Waals surface area (Å²) in [6.45, 7) is 3.82. The highest BCUT2D eigenvalue weighted by atomic mass is 16.6. The van der Waals surface area contributed by atoms with E-state index < -0.39 is 4.92 Å². The second-order valence-electron chi connectivity index (χ2n) is 6.82. The summed E-state index contributed by atoms with van der Waals surface area (Å²) in [6, 6.07) is 6.58. The van der Waals surface area contributed by atoms with Crippen LogP contribution in [0.5, 0.6) is 0 Å². The Morgan fingerprint density at radius 1 is 1.10 bits per heavy atom. The second kappa shape index (κ2) is 7.30. The van der Waals surface area contributed by atoms with Crippen molar-refractivity contribution in [1.29, 1.82) is 0 Å². The average molecular weight is 394 g/mol. The van der Waals surface area contributed by atoms with Gasteiger partial charge in [-0.15, -0.1) is 0 Å². The molecular weight excluding hydrogens is 376 g/mol. The number of fused-ring (bicyclic) bond motifs is 1. The largest absolute Gasteiger partial charge is 0.365 e. The molecule has 0 radical (unpaired) electrons. The van der Waals surface area contributed by atoms with Gasteiger partial charge in [0.25, 0.3) is 11.5 Å². The van der Waals surface area contributed by atoms with Crippen LogP contribution in [0, 0.1) is 17.0 Å². The van der Waals surface area contributed by atoms with Gasteiger partial charge in [0.1, 0.15) is 11.2 Å². The maximum Gasteiger partial charge on any atom is 0.363 e. The van der Waals surface area contributed by atoms with Gasteiger partial charge in [-0.2, -0.15) is 0 Å². The van der Waals surface area contributed by atoms with Crippen LogP contribution in [0.3, 0.4) is 0 Å². The van der Waals surface area contributed by atoms with Crippen LogP contribution in [0.2, 0.25) is 0 Å². The van der Waals surface area contributed by atoms with Gasteiger partial charge in [0.2, 0.25) is 0 Å². The van der Waals surface area contributed by atoms with Crippen molar-refractivity contribution in [2.45, 2.75) is 6.92 Å². The third-order valence-electron chi connectivity index (χ3n) is 4.95. The summed E-state index contributed by atoms with van der Waals surface area (Å²) in [6.07, 6.45) is 4.42. The molecule has 148 valence electrons. The molecule has 10 nitrogen and oxygen atoms in total. The van der Waals surface area contributed by atoms with Gasteiger partial charge in [-0.05, 0) is 40.6 Å². The molecule has 1 aliphatic heterocycles. The molecule has 1 saturated heterocycles. The molecule has 0 unspecified atom stereocenters. The minimum Gasteiger partial charge on any atom is -0.365 e. The number of amides is 1. The standard InChI is InChI=1S/C19H18N6O4/c1-13-4-5-24-17(10-13)21-12-15(19(24)27)18(26)23-8-6-22(7-9-23)14-2-3-16(20-11-14)25(28)29/h2-5,10-12H,6-9H2,1H3. The molecule has 1 amide bonds. The smallest absolute Gasteiger partial charge is 0.363 e. The lowest BCUT2D eigenvalue weighted by Crippen LogP contribution is -2.49. The van der Waals surface area contributed by atoms with Crippen molar-refractivity contribution in [2.75, 3.05) is 31.1 Å². The quantitative estimate of drug-likeness (QED) is 0.485. The number of hydrogen-bond donors (Lipinski definition) is 0. The number of hydrogen-bond acceptors (Lipinski definition) is 7. The maximum absolute atomic E-state index is 12.9. The first-order chi connectivity index (χ1) is 13.9. The van der Waals surface area contributed by atoms with Crippen molar-refractivity contribution in [1.82, 2.24) is 19.3 Å². The molecule has 0 bridgehead atoms. The van der Waals surface area contributed by atoms with Gasteiger partial charge in [0.05, 0.1) is 5.69 Å². The lowest BCUT2D eigenvalue weighted by molar-refractivity contribution is -0.389. The van der Waals surface area contributed by atoms with Crippen LogP contribution in [0.25, 0.3) is 5.65 Å². The molecule has 0 spiro atoms. The molecule has 1 aliphatic rings. The van der Waals surface area contributed by atoms with Crippen LogP contribution in [-0.2, 0) is 0 Å². The summed E-state index contributed by atoms with van der Waals surface area (Å²) < 4.78 is 1.37. The molecule has 0 atom stereocenters. The summed E-state index contributed by atoms with van der Waals surface area (Å²) in [5, 5.41) is 10.7. The van der Waals surface area contributed by atoms with Crippen molar-refractivity contribution in [2.24, 2.45) is 0 Å². The summed E-state index contributed by atoms with van der Waals surface area (Å²) >= 11 is 0. The fourth-order valence-electron chi connectivity index (χ4n) is 3.33. The summed E-state index contributed by atoms with van der Waals surface area (Å²) in [5.74, 6) is -0.555. The lowest BCUT2D eigenvalue weighted by atomic mass is 10.2. The predicted molar refractivity (Wildman–Crippen MR) is 105 cm³/mol. The molecule has 0 aliphatic carbocycles. The van der Waals surface area contributed by atoms with Gasteiger partial charge in [-0.25, -0.2) is 4.98 Å². The zero-order chi connectivity index (χ0) is 20.5. The van der Waals surface area contributed by atoms with Gasteiger partial charge < -0.3 is 19.9 Å². The molecule has 0 aromatic carbocycles. The molecule has 29 heavy (non-hydrogen) atoms. The first-order valence-electron chi connectivity index (χ1n) is 9.07. The Morgan fingerprint density at radius 3 is 2.52 bits per heavy atom. The minimum atomic E-state index is -0.544. The number of piperazine rings is 1. The zero-order valence-corrected chi connectivity index (χ0v) is 15.7. The van der Waals surface area contributed by atoms with Gasteiger partial charge in [-0.1, -0.05) is 0 Å². The Hall–Kier alpha value is -3.82. The number of nitrogens with zero attached hydrogens (tertiary/aromatic N) is 6. The SMILES string of the molecule is Cc1ccn2c(=O)c(C(=O)N3CCN(c4ccc([N+](=O)[O-])nc4)CC3)cnc2c1. The minimum absolute atomic E-state index is 0.0387. The van der Waals surface area contributed by atoms with Gasteiger partial charge in [-0.3, -0.25) is 14.0 Å². The number of carbonyl (C=O) groups excluding carboxylic acids is 1. The molecule has 4 heterocycles. The number of aryl methyl sites for hydroxylation is 1. The Labute approximate surface area is 165 Å². The molecular formula is C19H18N6O4. The molecule has 3 aromatic heterocycles. The highest BCUT2D eigenvalue weighted by Gasteiger charge is 2.25. The number of pyridine rings is 2.